The van der Waals surface area contributed by atoms with Crippen molar-refractivity contribution < 1.29 is 37.3 Å². The molecule has 0 aromatic rings. The van der Waals surface area contributed by atoms with E-state index in [9.17, 15) is 19.0 Å². The van der Waals surface area contributed by atoms with Crippen molar-refractivity contribution in [2.45, 2.75) is 335 Å². The van der Waals surface area contributed by atoms with Crippen LogP contribution in [0.15, 0.2) is 24.3 Å². The second-order valence-corrected chi connectivity index (χ2v) is 24.7. The van der Waals surface area contributed by atoms with E-state index in [0.29, 0.717) is 17.4 Å². The van der Waals surface area contributed by atoms with Gasteiger partial charge in [-0.05, 0) is 57.4 Å². The van der Waals surface area contributed by atoms with Crippen LogP contribution in [-0.2, 0) is 27.9 Å². The molecule has 0 rings (SSSR count). The van der Waals surface area contributed by atoms with E-state index in [1.165, 1.54) is 218 Å². The zero-order valence-electron chi connectivity index (χ0n) is 50.1. The van der Waals surface area contributed by atoms with Crippen LogP contribution in [0.5, 0.6) is 0 Å². The van der Waals surface area contributed by atoms with Gasteiger partial charge in [-0.3, -0.25) is 18.6 Å². The van der Waals surface area contributed by atoms with Gasteiger partial charge < -0.3 is 19.4 Å². The van der Waals surface area contributed by atoms with E-state index in [-0.39, 0.29) is 31.5 Å². The van der Waals surface area contributed by atoms with Crippen LogP contribution in [-0.4, -0.2) is 74.3 Å². The molecule has 0 fully saturated rings. The number of likely N-dealkylation sites (N-methyl/N-ethyl adjacent to an activating group) is 1. The smallest absolute Gasteiger partial charge is 0.456 e. The van der Waals surface area contributed by atoms with Crippen molar-refractivity contribution in [2.24, 2.45) is 0 Å². The van der Waals surface area contributed by atoms with Crippen LogP contribution in [0.3, 0.4) is 0 Å². The first-order valence-electron chi connectivity index (χ1n) is 32.2. The Morgan fingerprint density at radius 1 is 0.459 bits per heavy atom. The summed E-state index contributed by atoms with van der Waals surface area (Å²) < 4.78 is 30.7. The van der Waals surface area contributed by atoms with Gasteiger partial charge in [-0.2, -0.15) is 0 Å². The van der Waals surface area contributed by atoms with Gasteiger partial charge in [0.1, 0.15) is 19.3 Å². The minimum Gasteiger partial charge on any atom is -0.456 e. The van der Waals surface area contributed by atoms with Crippen molar-refractivity contribution in [2.75, 3.05) is 40.9 Å². The molecule has 74 heavy (non-hydrogen) atoms. The number of ether oxygens (including phenoxy) is 1. The molecule has 0 saturated heterocycles. The molecular formula is C64H126N2O7P+. The number of hydrogen-bond acceptors (Lipinski definition) is 6. The van der Waals surface area contributed by atoms with Gasteiger partial charge in [0, 0.05) is 12.8 Å². The Morgan fingerprint density at radius 3 is 1.16 bits per heavy atom. The lowest BCUT2D eigenvalue weighted by atomic mass is 10.0. The van der Waals surface area contributed by atoms with Crippen molar-refractivity contribution in [3.63, 3.8) is 0 Å². The molecule has 0 aromatic heterocycles. The summed E-state index contributed by atoms with van der Waals surface area (Å²) in [5.41, 5.74) is 0. The van der Waals surface area contributed by atoms with Crippen molar-refractivity contribution in [1.29, 1.82) is 0 Å². The number of phosphoric acid groups is 1. The van der Waals surface area contributed by atoms with Gasteiger partial charge in [-0.1, -0.05) is 277 Å². The molecule has 10 heteroatoms. The van der Waals surface area contributed by atoms with Crippen molar-refractivity contribution in [1.82, 2.24) is 5.32 Å². The maximum Gasteiger partial charge on any atom is 0.472 e. The summed E-state index contributed by atoms with van der Waals surface area (Å²) in [5.74, 6) is -0.506. The zero-order valence-corrected chi connectivity index (χ0v) is 51.0. The summed E-state index contributed by atoms with van der Waals surface area (Å²) in [4.78, 5) is 37.7. The van der Waals surface area contributed by atoms with E-state index >= 15 is 0 Å². The molecule has 0 aromatic carbocycles. The van der Waals surface area contributed by atoms with E-state index in [4.69, 9.17) is 13.8 Å². The number of hydrogen-bond donors (Lipinski definition) is 2. The number of nitrogens with one attached hydrogen (secondary N) is 1. The Bertz CT molecular complexity index is 1320. The number of amides is 1. The molecule has 1 amide bonds. The Kier molecular flexibility index (Phi) is 53.7. The summed E-state index contributed by atoms with van der Waals surface area (Å²) in [6.07, 6.45) is 64.6. The Balaban J connectivity index is 5.19. The van der Waals surface area contributed by atoms with Gasteiger partial charge in [-0.15, -0.1) is 0 Å². The molecule has 0 bridgehead atoms. The molecule has 2 N–H and O–H groups in total. The van der Waals surface area contributed by atoms with Crippen molar-refractivity contribution in [3.05, 3.63) is 24.3 Å². The number of nitrogens with zero attached hydrogens (tertiary/aromatic N) is 1. The van der Waals surface area contributed by atoms with Gasteiger partial charge in [0.15, 0.2) is 0 Å². The van der Waals surface area contributed by atoms with Gasteiger partial charge in [-0.25, -0.2) is 4.57 Å². The minimum absolute atomic E-state index is 0.0417. The maximum absolute atomic E-state index is 13.6. The molecule has 0 aliphatic carbocycles. The van der Waals surface area contributed by atoms with Crippen molar-refractivity contribution >= 4 is 19.7 Å². The molecule has 0 aliphatic rings. The van der Waals surface area contributed by atoms with Gasteiger partial charge >= 0.3 is 13.8 Å². The molecule has 0 spiro atoms. The fourth-order valence-electron chi connectivity index (χ4n) is 9.64. The molecule has 3 atom stereocenters. The largest absolute Gasteiger partial charge is 0.472 e. The number of quaternary nitrogens is 1. The highest BCUT2D eigenvalue weighted by atomic mass is 31.2. The van der Waals surface area contributed by atoms with Gasteiger partial charge in [0.05, 0.1) is 33.8 Å². The van der Waals surface area contributed by atoms with Crippen LogP contribution in [0, 0.1) is 0 Å². The third-order valence-electron chi connectivity index (χ3n) is 14.6. The molecule has 3 unspecified atom stereocenters. The van der Waals surface area contributed by atoms with E-state index < -0.39 is 20.0 Å². The number of carbonyl (C=O) groups is 2. The third-order valence-corrected chi connectivity index (χ3v) is 15.6. The summed E-state index contributed by atoms with van der Waals surface area (Å²) in [6, 6.07) is -0.848. The highest BCUT2D eigenvalue weighted by Crippen LogP contribution is 2.43. The van der Waals surface area contributed by atoms with E-state index in [1.54, 1.807) is 0 Å². The quantitative estimate of drug-likeness (QED) is 0.0205. The number of phosphoric ester groups is 1. The van der Waals surface area contributed by atoms with Crippen LogP contribution in [0.25, 0.3) is 0 Å². The standard InChI is InChI=1S/C64H125N2O7P/c1-7-10-13-16-19-22-25-28-30-31-32-33-34-35-36-38-41-44-47-50-53-56-63(67)65-61(60-72-74(69,70)71-59-58-66(4,5)6)62(55-52-49-46-43-40-37-27-24-21-18-15-12-9-3)73-64(68)57-54-51-48-45-42-39-29-26-23-20-17-14-11-8-2/h39,42,52,55,61-62H,7-38,40-41,43-51,53-54,56-60H2,1-6H3,(H-,65,67,69,70)/p+1/b42-39-,55-52+. The predicted octanol–water partition coefficient (Wildman–Crippen LogP) is 19.7. The number of unbranched alkanes of at least 4 members (excludes halogenated alkanes) is 41. The fraction of sp³-hybridized carbons (Fsp3) is 0.906. The van der Waals surface area contributed by atoms with Crippen LogP contribution in [0.4, 0.5) is 0 Å². The average molecular weight is 1070 g/mol. The molecule has 438 valence electrons. The summed E-state index contributed by atoms with van der Waals surface area (Å²) in [5, 5.41) is 3.06. The zero-order chi connectivity index (χ0) is 54.3. The Morgan fingerprint density at radius 2 is 0.784 bits per heavy atom. The molecule has 0 aliphatic heterocycles. The summed E-state index contributed by atoms with van der Waals surface area (Å²) in [6.45, 7) is 7.05. The lowest BCUT2D eigenvalue weighted by Crippen LogP contribution is -2.47. The topological polar surface area (TPSA) is 111 Å². The molecule has 0 saturated carbocycles. The van der Waals surface area contributed by atoms with E-state index in [0.717, 1.165) is 70.6 Å². The normalized spacial score (nSPS) is 13.8. The second kappa shape index (κ2) is 54.8. The highest BCUT2D eigenvalue weighted by molar-refractivity contribution is 7.47. The number of allylic oxidation sites excluding steroid dienone is 3. The van der Waals surface area contributed by atoms with Crippen LogP contribution in [0.2, 0.25) is 0 Å². The van der Waals surface area contributed by atoms with E-state index in [2.05, 4.69) is 38.2 Å². The van der Waals surface area contributed by atoms with Crippen LogP contribution < -0.4 is 5.32 Å². The molecule has 0 heterocycles. The summed E-state index contributed by atoms with van der Waals surface area (Å²) in [7, 11) is 1.51. The highest BCUT2D eigenvalue weighted by Gasteiger charge is 2.30. The first-order chi connectivity index (χ1) is 35.9. The average Bonchev–Trinajstić information content (AvgIpc) is 3.36. The monoisotopic (exact) mass is 1070 g/mol. The Labute approximate surface area is 460 Å². The Hall–Kier alpha value is -1.51. The second-order valence-electron chi connectivity index (χ2n) is 23.3. The van der Waals surface area contributed by atoms with Gasteiger partial charge in [0.25, 0.3) is 0 Å². The lowest BCUT2D eigenvalue weighted by molar-refractivity contribution is -0.870. The van der Waals surface area contributed by atoms with E-state index in [1.807, 2.05) is 33.3 Å². The van der Waals surface area contributed by atoms with Gasteiger partial charge in [0.2, 0.25) is 5.91 Å². The molecule has 0 radical (unpaired) electrons. The number of carbonyl (C=O) groups excluding carboxylic acids is 2. The molecular weight excluding hydrogens is 940 g/mol. The SMILES string of the molecule is CCCCCCCCC/C=C\CCCCCC(=O)OC(/C=C/CCCCCCCCCCCCC)C(COP(=O)(O)OCC[N+](C)(C)C)NC(=O)CCCCCCCCCCCCCCCCCCCCCCC. The number of rotatable bonds is 59. The summed E-state index contributed by atoms with van der Waals surface area (Å²) >= 11 is 0. The first-order valence-corrected chi connectivity index (χ1v) is 33.7. The molecule has 9 nitrogen and oxygen atoms in total. The predicted molar refractivity (Wildman–Crippen MR) is 319 cm³/mol. The first kappa shape index (κ1) is 72.5. The fourth-order valence-corrected chi connectivity index (χ4v) is 10.4. The lowest BCUT2D eigenvalue weighted by Gasteiger charge is -2.27. The minimum atomic E-state index is -4.45. The van der Waals surface area contributed by atoms with Crippen LogP contribution >= 0.6 is 7.82 Å². The maximum atomic E-state index is 13.6. The van der Waals surface area contributed by atoms with Crippen LogP contribution in [0.1, 0.15) is 323 Å². The number of esters is 1. The van der Waals surface area contributed by atoms with Crippen molar-refractivity contribution in [3.8, 4) is 0 Å². The third kappa shape index (κ3) is 55.3.